The van der Waals surface area contributed by atoms with Gasteiger partial charge in [0.15, 0.2) is 0 Å². The summed E-state index contributed by atoms with van der Waals surface area (Å²) in [5.41, 5.74) is 7.63. The average molecular weight is 289 g/mol. The Morgan fingerprint density at radius 3 is 2.67 bits per heavy atom. The predicted molar refractivity (Wildman–Crippen MR) is 88.2 cm³/mol. The Morgan fingerprint density at radius 1 is 1.33 bits per heavy atom. The van der Waals surface area contributed by atoms with E-state index in [-0.39, 0.29) is 5.91 Å². The molecule has 116 valence electrons. The molecule has 1 saturated heterocycles. The number of benzene rings is 1. The highest BCUT2D eigenvalue weighted by atomic mass is 16.1. The molecule has 0 bridgehead atoms. The number of hydrogen-bond donors (Lipinski definition) is 2. The second kappa shape index (κ2) is 6.94. The van der Waals surface area contributed by atoms with Crippen molar-refractivity contribution in [3.63, 3.8) is 0 Å². The molecule has 0 aliphatic carbocycles. The average Bonchev–Trinajstić information content (AvgIpc) is 2.92. The van der Waals surface area contributed by atoms with Gasteiger partial charge in [0.1, 0.15) is 0 Å². The van der Waals surface area contributed by atoms with Gasteiger partial charge in [-0.2, -0.15) is 0 Å². The van der Waals surface area contributed by atoms with Crippen LogP contribution in [-0.2, 0) is 4.79 Å². The summed E-state index contributed by atoms with van der Waals surface area (Å²) in [5, 5.41) is 2.89. The number of para-hydroxylation sites is 2. The van der Waals surface area contributed by atoms with Gasteiger partial charge in [-0.25, -0.2) is 0 Å². The Morgan fingerprint density at radius 2 is 2.05 bits per heavy atom. The standard InChI is InChI=1S/C17H27N3O/c1-3-17(4-2)10-12-20(13-17)11-9-16(21)19-15-8-6-5-7-14(15)18/h5-8H,3-4,9-13,18H2,1-2H3,(H,19,21). The van der Waals surface area contributed by atoms with Gasteiger partial charge >= 0.3 is 0 Å². The molecule has 0 aromatic heterocycles. The van der Waals surface area contributed by atoms with Crippen molar-refractivity contribution in [2.75, 3.05) is 30.7 Å². The highest BCUT2D eigenvalue weighted by Gasteiger charge is 2.34. The lowest BCUT2D eigenvalue weighted by Crippen LogP contribution is -2.29. The van der Waals surface area contributed by atoms with Crippen LogP contribution in [0.2, 0.25) is 0 Å². The summed E-state index contributed by atoms with van der Waals surface area (Å²) in [6.45, 7) is 7.62. The van der Waals surface area contributed by atoms with Crippen LogP contribution in [-0.4, -0.2) is 30.4 Å². The lowest BCUT2D eigenvalue weighted by atomic mass is 9.82. The molecular formula is C17H27N3O. The highest BCUT2D eigenvalue weighted by Crippen LogP contribution is 2.36. The van der Waals surface area contributed by atoms with Crippen LogP contribution >= 0.6 is 0 Å². The van der Waals surface area contributed by atoms with Crippen molar-refractivity contribution >= 4 is 17.3 Å². The molecule has 4 nitrogen and oxygen atoms in total. The number of nitrogen functional groups attached to an aromatic ring is 1. The van der Waals surface area contributed by atoms with Gasteiger partial charge in [-0.05, 0) is 43.4 Å². The van der Waals surface area contributed by atoms with Crippen molar-refractivity contribution in [2.45, 2.75) is 39.5 Å². The number of carbonyl (C=O) groups is 1. The quantitative estimate of drug-likeness (QED) is 0.791. The molecular weight excluding hydrogens is 262 g/mol. The van der Waals surface area contributed by atoms with Crippen molar-refractivity contribution in [3.05, 3.63) is 24.3 Å². The van der Waals surface area contributed by atoms with E-state index in [1.807, 2.05) is 18.2 Å². The van der Waals surface area contributed by atoms with Crippen LogP contribution in [0.4, 0.5) is 11.4 Å². The minimum absolute atomic E-state index is 0.0402. The van der Waals surface area contributed by atoms with Gasteiger partial charge in [0.25, 0.3) is 0 Å². The predicted octanol–water partition coefficient (Wildman–Crippen LogP) is 3.11. The number of nitrogens with one attached hydrogen (secondary N) is 1. The lowest BCUT2D eigenvalue weighted by Gasteiger charge is -2.26. The lowest BCUT2D eigenvalue weighted by molar-refractivity contribution is -0.116. The van der Waals surface area contributed by atoms with Gasteiger partial charge in [-0.3, -0.25) is 4.79 Å². The molecule has 1 aromatic carbocycles. The zero-order valence-electron chi connectivity index (χ0n) is 13.2. The fourth-order valence-corrected chi connectivity index (χ4v) is 3.13. The number of hydrogen-bond acceptors (Lipinski definition) is 3. The van der Waals surface area contributed by atoms with E-state index >= 15 is 0 Å². The van der Waals surface area contributed by atoms with E-state index in [0.29, 0.717) is 23.2 Å². The molecule has 3 N–H and O–H groups in total. The van der Waals surface area contributed by atoms with E-state index in [0.717, 1.165) is 19.6 Å². The largest absolute Gasteiger partial charge is 0.397 e. The topological polar surface area (TPSA) is 58.4 Å². The van der Waals surface area contributed by atoms with Crippen molar-refractivity contribution in [2.24, 2.45) is 5.41 Å². The van der Waals surface area contributed by atoms with E-state index < -0.39 is 0 Å². The minimum Gasteiger partial charge on any atom is -0.397 e. The SMILES string of the molecule is CCC1(CC)CCN(CCC(=O)Nc2ccccc2N)C1. The Hall–Kier alpha value is -1.55. The van der Waals surface area contributed by atoms with Crippen molar-refractivity contribution in [1.29, 1.82) is 0 Å². The number of likely N-dealkylation sites (tertiary alicyclic amines) is 1. The molecule has 2 rings (SSSR count). The first-order valence-corrected chi connectivity index (χ1v) is 7.95. The minimum atomic E-state index is 0.0402. The summed E-state index contributed by atoms with van der Waals surface area (Å²) in [6, 6.07) is 7.38. The second-order valence-electron chi connectivity index (χ2n) is 6.12. The van der Waals surface area contributed by atoms with Crippen LogP contribution in [0.1, 0.15) is 39.5 Å². The maximum Gasteiger partial charge on any atom is 0.225 e. The van der Waals surface area contributed by atoms with Crippen LogP contribution < -0.4 is 11.1 Å². The third-order valence-electron chi connectivity index (χ3n) is 4.91. The number of nitrogens with zero attached hydrogens (tertiary/aromatic N) is 1. The van der Waals surface area contributed by atoms with Gasteiger partial charge in [-0.15, -0.1) is 0 Å². The van der Waals surface area contributed by atoms with Crippen molar-refractivity contribution in [1.82, 2.24) is 4.90 Å². The zero-order valence-corrected chi connectivity index (χ0v) is 13.2. The molecule has 1 heterocycles. The van der Waals surface area contributed by atoms with Gasteiger partial charge in [0.05, 0.1) is 11.4 Å². The fraction of sp³-hybridized carbons (Fsp3) is 0.588. The molecule has 1 aromatic rings. The van der Waals surface area contributed by atoms with E-state index in [2.05, 4.69) is 24.1 Å². The molecule has 0 radical (unpaired) electrons. The summed E-state index contributed by atoms with van der Waals surface area (Å²) in [5.74, 6) is 0.0402. The molecule has 0 unspecified atom stereocenters. The summed E-state index contributed by atoms with van der Waals surface area (Å²) in [6.07, 6.45) is 4.24. The molecule has 21 heavy (non-hydrogen) atoms. The summed E-state index contributed by atoms with van der Waals surface area (Å²) < 4.78 is 0. The zero-order chi connectivity index (χ0) is 15.3. The maximum absolute atomic E-state index is 12.0. The molecule has 0 spiro atoms. The number of anilines is 2. The Labute approximate surface area is 127 Å². The van der Waals surface area contributed by atoms with Crippen LogP contribution in [0.15, 0.2) is 24.3 Å². The van der Waals surface area contributed by atoms with Crippen LogP contribution in [0.5, 0.6) is 0 Å². The second-order valence-corrected chi connectivity index (χ2v) is 6.12. The monoisotopic (exact) mass is 289 g/mol. The first kappa shape index (κ1) is 15.8. The summed E-state index contributed by atoms with van der Waals surface area (Å²) in [4.78, 5) is 14.4. The van der Waals surface area contributed by atoms with Crippen LogP contribution in [0, 0.1) is 5.41 Å². The van der Waals surface area contributed by atoms with E-state index in [4.69, 9.17) is 5.73 Å². The first-order chi connectivity index (χ1) is 10.1. The normalized spacial score (nSPS) is 17.8. The molecule has 1 aliphatic rings. The third-order valence-corrected chi connectivity index (χ3v) is 4.91. The van der Waals surface area contributed by atoms with E-state index in [1.54, 1.807) is 6.07 Å². The molecule has 1 fully saturated rings. The highest BCUT2D eigenvalue weighted by molar-refractivity contribution is 5.93. The molecule has 1 aliphatic heterocycles. The Kier molecular flexibility index (Phi) is 5.23. The summed E-state index contributed by atoms with van der Waals surface area (Å²) in [7, 11) is 0. The number of nitrogens with two attached hydrogens (primary N) is 1. The van der Waals surface area contributed by atoms with Crippen molar-refractivity contribution in [3.8, 4) is 0 Å². The van der Waals surface area contributed by atoms with E-state index in [9.17, 15) is 4.79 Å². The van der Waals surface area contributed by atoms with Crippen LogP contribution in [0.25, 0.3) is 0 Å². The van der Waals surface area contributed by atoms with Gasteiger partial charge in [0.2, 0.25) is 5.91 Å². The van der Waals surface area contributed by atoms with Gasteiger partial charge in [-0.1, -0.05) is 26.0 Å². The van der Waals surface area contributed by atoms with Gasteiger partial charge < -0.3 is 16.0 Å². The third kappa shape index (κ3) is 3.97. The number of carbonyl (C=O) groups excluding carboxylic acids is 1. The smallest absolute Gasteiger partial charge is 0.225 e. The van der Waals surface area contributed by atoms with Crippen LogP contribution in [0.3, 0.4) is 0 Å². The Bertz CT molecular complexity index is 483. The maximum atomic E-state index is 12.0. The Balaban J connectivity index is 1.79. The fourth-order valence-electron chi connectivity index (χ4n) is 3.13. The molecule has 1 amide bonds. The molecule has 0 atom stereocenters. The van der Waals surface area contributed by atoms with Gasteiger partial charge in [0, 0.05) is 19.5 Å². The molecule has 0 saturated carbocycles. The number of amides is 1. The van der Waals surface area contributed by atoms with E-state index in [1.165, 1.54) is 19.3 Å². The first-order valence-electron chi connectivity index (χ1n) is 7.95. The molecule has 4 heteroatoms. The number of rotatable bonds is 6. The van der Waals surface area contributed by atoms with Crippen molar-refractivity contribution < 1.29 is 4.79 Å². The summed E-state index contributed by atoms with van der Waals surface area (Å²) >= 11 is 0.